The van der Waals surface area contributed by atoms with E-state index in [1.165, 1.54) is 102 Å². The predicted molar refractivity (Wildman–Crippen MR) is 158 cm³/mol. The van der Waals surface area contributed by atoms with Crippen molar-refractivity contribution in [3.8, 4) is 0 Å². The predicted octanol–water partition coefficient (Wildman–Crippen LogP) is 8.21. The van der Waals surface area contributed by atoms with Crippen LogP contribution in [0.3, 0.4) is 0 Å². The minimum atomic E-state index is -0.670. The van der Waals surface area contributed by atoms with Crippen LogP contribution in [-0.4, -0.2) is 49.2 Å². The molecule has 222 valence electrons. The molecule has 0 rings (SSSR count). The second-order valence-electron chi connectivity index (χ2n) is 11.0. The van der Waals surface area contributed by atoms with E-state index < -0.39 is 17.4 Å². The zero-order valence-corrected chi connectivity index (χ0v) is 25.7. The highest BCUT2D eigenvalue weighted by Crippen LogP contribution is 2.24. The second-order valence-corrected chi connectivity index (χ2v) is 11.9. The molecule has 0 aliphatic heterocycles. The lowest BCUT2D eigenvalue weighted by atomic mass is 9.97. The van der Waals surface area contributed by atoms with Gasteiger partial charge in [0, 0.05) is 11.3 Å². The largest absolute Gasteiger partial charge is 0.465 e. The van der Waals surface area contributed by atoms with Crippen LogP contribution < -0.4 is 0 Å². The third-order valence-electron chi connectivity index (χ3n) is 6.39. The molecule has 6 nitrogen and oxygen atoms in total. The normalized spacial score (nSPS) is 11.3. The molecule has 0 saturated heterocycles. The lowest BCUT2D eigenvalue weighted by Crippen LogP contribution is -2.30. The van der Waals surface area contributed by atoms with Crippen molar-refractivity contribution in [1.29, 1.82) is 0 Å². The molecule has 0 radical (unpaired) electrons. The summed E-state index contributed by atoms with van der Waals surface area (Å²) in [5.41, 5.74) is -0.368. The van der Waals surface area contributed by atoms with Gasteiger partial charge < -0.3 is 14.2 Å². The molecule has 0 aromatic rings. The third-order valence-corrected chi connectivity index (χ3v) is 7.76. The number of unbranched alkanes of at least 4 members (excludes halogenated alkanes) is 15. The fraction of sp³-hybridized carbons (Fsp3) is 0.839. The Morgan fingerprint density at radius 2 is 1.11 bits per heavy atom. The van der Waals surface area contributed by atoms with Crippen molar-refractivity contribution in [2.75, 3.05) is 31.3 Å². The molecule has 0 aromatic carbocycles. The highest BCUT2D eigenvalue weighted by Gasteiger charge is 2.29. The Bertz CT molecular complexity index is 646. The number of thioether (sulfide) groups is 1. The smallest absolute Gasteiger partial charge is 0.333 e. The van der Waals surface area contributed by atoms with Gasteiger partial charge in [-0.25, -0.2) is 4.79 Å². The van der Waals surface area contributed by atoms with Gasteiger partial charge in [0.05, 0.1) is 17.8 Å². The first-order valence-electron chi connectivity index (χ1n) is 14.9. The van der Waals surface area contributed by atoms with Crippen molar-refractivity contribution >= 4 is 29.7 Å². The van der Waals surface area contributed by atoms with Crippen molar-refractivity contribution in [1.82, 2.24) is 0 Å². The van der Waals surface area contributed by atoms with E-state index in [1.807, 2.05) is 13.8 Å². The third kappa shape index (κ3) is 22.5. The monoisotopic (exact) mass is 556 g/mol. The van der Waals surface area contributed by atoms with Crippen molar-refractivity contribution < 1.29 is 28.6 Å². The van der Waals surface area contributed by atoms with Crippen LogP contribution in [-0.2, 0) is 28.6 Å². The topological polar surface area (TPSA) is 78.9 Å². The van der Waals surface area contributed by atoms with Crippen molar-refractivity contribution in [2.45, 2.75) is 130 Å². The molecule has 0 bridgehead atoms. The van der Waals surface area contributed by atoms with E-state index in [2.05, 4.69) is 13.5 Å². The zero-order chi connectivity index (χ0) is 28.5. The first-order chi connectivity index (χ1) is 18.2. The first-order valence-corrected chi connectivity index (χ1v) is 16.1. The molecule has 0 amide bonds. The molecular weight excluding hydrogens is 500 g/mol. The molecular formula is C31H56O6S. The van der Waals surface area contributed by atoms with Gasteiger partial charge in [-0.3, -0.25) is 9.59 Å². The maximum absolute atomic E-state index is 12.4. The van der Waals surface area contributed by atoms with E-state index in [0.29, 0.717) is 17.9 Å². The standard InChI is InChI=1S/C31H56O6S/c1-6-7-8-9-10-11-12-13-14-15-16-17-18-19-20-21-22-37-30(34)31(4,5)26-38-25-28(32)35-23-24-36-29(33)27(2)3/h2,6-26H2,1,3-5H3. The number of carbonyl (C=O) groups excluding carboxylic acids is 3. The Hall–Kier alpha value is -1.50. The Balaban J connectivity index is 3.58. The maximum Gasteiger partial charge on any atom is 0.333 e. The number of hydrogen-bond donors (Lipinski definition) is 0. The van der Waals surface area contributed by atoms with Gasteiger partial charge >= 0.3 is 17.9 Å². The Kier molecular flexibility index (Phi) is 23.6. The van der Waals surface area contributed by atoms with Crippen LogP contribution >= 0.6 is 11.8 Å². The van der Waals surface area contributed by atoms with Crippen LogP contribution in [0.1, 0.15) is 130 Å². The van der Waals surface area contributed by atoms with Gasteiger partial charge in [0.25, 0.3) is 0 Å². The van der Waals surface area contributed by atoms with E-state index in [4.69, 9.17) is 14.2 Å². The number of carbonyl (C=O) groups is 3. The van der Waals surface area contributed by atoms with E-state index >= 15 is 0 Å². The highest BCUT2D eigenvalue weighted by atomic mass is 32.2. The van der Waals surface area contributed by atoms with E-state index in [1.54, 1.807) is 6.92 Å². The van der Waals surface area contributed by atoms with Crippen LogP contribution in [0.5, 0.6) is 0 Å². The van der Waals surface area contributed by atoms with Crippen LogP contribution in [0.15, 0.2) is 12.2 Å². The summed E-state index contributed by atoms with van der Waals surface area (Å²) in [6.07, 6.45) is 21.0. The summed E-state index contributed by atoms with van der Waals surface area (Å²) in [5, 5.41) is 0. The fourth-order valence-corrected chi connectivity index (χ4v) is 4.89. The fourth-order valence-electron chi connectivity index (χ4n) is 3.91. The first kappa shape index (κ1) is 36.5. The molecule has 0 fully saturated rings. The SMILES string of the molecule is C=C(C)C(=O)OCCOC(=O)CSCC(C)(C)C(=O)OCCCCCCCCCCCCCCCCCC. The summed E-state index contributed by atoms with van der Waals surface area (Å²) in [5.74, 6) is -0.547. The molecule has 0 saturated carbocycles. The summed E-state index contributed by atoms with van der Waals surface area (Å²) in [7, 11) is 0. The number of hydrogen-bond acceptors (Lipinski definition) is 7. The van der Waals surface area contributed by atoms with E-state index in [0.717, 1.165) is 12.8 Å². The Morgan fingerprint density at radius 3 is 1.58 bits per heavy atom. The summed E-state index contributed by atoms with van der Waals surface area (Å²) >= 11 is 1.33. The molecule has 0 heterocycles. The summed E-state index contributed by atoms with van der Waals surface area (Å²) in [6.45, 7) is 11.4. The molecule has 0 aromatic heterocycles. The van der Waals surface area contributed by atoms with Gasteiger partial charge in [-0.1, -0.05) is 110 Å². The molecule has 0 spiro atoms. The quantitative estimate of drug-likeness (QED) is 0.0459. The maximum atomic E-state index is 12.4. The minimum absolute atomic E-state index is 0.000718. The lowest BCUT2D eigenvalue weighted by Gasteiger charge is -2.22. The van der Waals surface area contributed by atoms with Crippen LogP contribution in [0, 0.1) is 5.41 Å². The van der Waals surface area contributed by atoms with Crippen molar-refractivity contribution in [3.05, 3.63) is 12.2 Å². The van der Waals surface area contributed by atoms with Gasteiger partial charge in [0.2, 0.25) is 0 Å². The number of esters is 3. The van der Waals surface area contributed by atoms with Gasteiger partial charge in [-0.15, -0.1) is 11.8 Å². The molecule has 0 aliphatic carbocycles. The Labute approximate surface area is 237 Å². The molecule has 0 aliphatic rings. The van der Waals surface area contributed by atoms with E-state index in [-0.39, 0.29) is 24.9 Å². The molecule has 0 atom stereocenters. The number of ether oxygens (including phenoxy) is 3. The van der Waals surface area contributed by atoms with Crippen LogP contribution in [0.2, 0.25) is 0 Å². The molecule has 0 unspecified atom stereocenters. The van der Waals surface area contributed by atoms with Gasteiger partial charge in [0.1, 0.15) is 13.2 Å². The van der Waals surface area contributed by atoms with Gasteiger partial charge in [0.15, 0.2) is 0 Å². The summed E-state index contributed by atoms with van der Waals surface area (Å²) < 4.78 is 15.4. The Morgan fingerprint density at radius 1 is 0.658 bits per heavy atom. The van der Waals surface area contributed by atoms with Crippen LogP contribution in [0.25, 0.3) is 0 Å². The zero-order valence-electron chi connectivity index (χ0n) is 24.9. The average Bonchev–Trinajstić information content (AvgIpc) is 2.87. The second kappa shape index (κ2) is 24.5. The molecule has 38 heavy (non-hydrogen) atoms. The minimum Gasteiger partial charge on any atom is -0.465 e. The highest BCUT2D eigenvalue weighted by molar-refractivity contribution is 7.99. The molecule has 0 N–H and O–H groups in total. The lowest BCUT2D eigenvalue weighted by molar-refractivity contribution is -0.152. The summed E-state index contributed by atoms with van der Waals surface area (Å²) in [6, 6.07) is 0. The van der Waals surface area contributed by atoms with E-state index in [9.17, 15) is 14.4 Å². The van der Waals surface area contributed by atoms with Crippen molar-refractivity contribution in [2.24, 2.45) is 5.41 Å². The molecule has 7 heteroatoms. The summed E-state index contributed by atoms with van der Waals surface area (Å²) in [4.78, 5) is 35.5. The van der Waals surface area contributed by atoms with Gasteiger partial charge in [-0.2, -0.15) is 0 Å². The average molecular weight is 557 g/mol. The van der Waals surface area contributed by atoms with Gasteiger partial charge in [-0.05, 0) is 27.2 Å². The van der Waals surface area contributed by atoms with Crippen LogP contribution in [0.4, 0.5) is 0 Å². The number of rotatable bonds is 26. The van der Waals surface area contributed by atoms with Crippen molar-refractivity contribution in [3.63, 3.8) is 0 Å².